The average Bonchev–Trinajstić information content (AvgIpc) is 2.45. The van der Waals surface area contributed by atoms with Gasteiger partial charge in [0.15, 0.2) is 0 Å². The molecule has 0 aromatic heterocycles. The van der Waals surface area contributed by atoms with Crippen LogP contribution in [0.1, 0.15) is 38.8 Å². The van der Waals surface area contributed by atoms with Crippen molar-refractivity contribution >= 4 is 5.97 Å². The number of benzene rings is 1. The van der Waals surface area contributed by atoms with Crippen molar-refractivity contribution in [2.24, 2.45) is 0 Å². The topological polar surface area (TPSA) is 59.0 Å². The Balaban J connectivity index is 3.02. The van der Waals surface area contributed by atoms with Gasteiger partial charge < -0.3 is 14.6 Å². The molecular weight excluding hydrogens is 270 g/mol. The van der Waals surface area contributed by atoms with Crippen molar-refractivity contribution in [1.29, 1.82) is 0 Å². The highest BCUT2D eigenvalue weighted by molar-refractivity contribution is 5.66. The summed E-state index contributed by atoms with van der Waals surface area (Å²) in [6.07, 6.45) is 0.126. The van der Waals surface area contributed by atoms with Crippen molar-refractivity contribution < 1.29 is 19.4 Å². The summed E-state index contributed by atoms with van der Waals surface area (Å²) >= 11 is 0. The molecule has 1 aromatic rings. The van der Waals surface area contributed by atoms with E-state index in [0.717, 1.165) is 17.1 Å². The van der Waals surface area contributed by atoms with Crippen LogP contribution in [0.15, 0.2) is 18.2 Å². The Labute approximate surface area is 126 Å². The zero-order valence-corrected chi connectivity index (χ0v) is 13.4. The first-order valence-corrected chi connectivity index (χ1v) is 7.10. The van der Waals surface area contributed by atoms with E-state index in [-0.39, 0.29) is 18.5 Å². The summed E-state index contributed by atoms with van der Waals surface area (Å²) in [5.74, 6) is 0.710. The third-order valence-corrected chi connectivity index (χ3v) is 3.64. The van der Waals surface area contributed by atoms with Crippen LogP contribution in [0.4, 0.5) is 0 Å². The molecule has 1 N–H and O–H groups in total. The highest BCUT2D eigenvalue weighted by Gasteiger charge is 2.22. The molecule has 0 aliphatic heterocycles. The van der Waals surface area contributed by atoms with E-state index in [2.05, 4.69) is 25.7 Å². The normalized spacial score (nSPS) is 12.5. The van der Waals surface area contributed by atoms with Gasteiger partial charge in [-0.25, -0.2) is 0 Å². The molecule has 0 bridgehead atoms. The van der Waals surface area contributed by atoms with Crippen molar-refractivity contribution in [3.8, 4) is 11.5 Å². The van der Waals surface area contributed by atoms with E-state index in [1.165, 1.54) is 0 Å². The SMILES string of the molecule is COc1ccc(C(C)N(CCC(=O)O)C(C)C)c(OC)c1. The van der Waals surface area contributed by atoms with Crippen molar-refractivity contribution in [2.45, 2.75) is 39.3 Å². The van der Waals surface area contributed by atoms with Crippen molar-refractivity contribution in [3.63, 3.8) is 0 Å². The number of rotatable bonds is 8. The zero-order chi connectivity index (χ0) is 16.0. The first kappa shape index (κ1) is 17.3. The van der Waals surface area contributed by atoms with Crippen LogP contribution in [0, 0.1) is 0 Å². The zero-order valence-electron chi connectivity index (χ0n) is 13.4. The van der Waals surface area contributed by atoms with E-state index in [1.807, 2.05) is 18.2 Å². The molecule has 21 heavy (non-hydrogen) atoms. The molecule has 0 heterocycles. The summed E-state index contributed by atoms with van der Waals surface area (Å²) < 4.78 is 10.6. The minimum Gasteiger partial charge on any atom is -0.497 e. The summed E-state index contributed by atoms with van der Waals surface area (Å²) in [5, 5.41) is 8.90. The van der Waals surface area contributed by atoms with Crippen molar-refractivity contribution in [2.75, 3.05) is 20.8 Å². The third-order valence-electron chi connectivity index (χ3n) is 3.64. The molecule has 0 radical (unpaired) electrons. The second-order valence-corrected chi connectivity index (χ2v) is 5.26. The van der Waals surface area contributed by atoms with Gasteiger partial charge in [-0.1, -0.05) is 6.07 Å². The van der Waals surface area contributed by atoms with Gasteiger partial charge in [-0.05, 0) is 26.8 Å². The Kier molecular flexibility index (Phi) is 6.49. The Morgan fingerprint density at radius 3 is 2.38 bits per heavy atom. The predicted molar refractivity (Wildman–Crippen MR) is 82.1 cm³/mol. The quantitative estimate of drug-likeness (QED) is 0.799. The lowest BCUT2D eigenvalue weighted by Gasteiger charge is -2.33. The van der Waals surface area contributed by atoms with E-state index in [1.54, 1.807) is 14.2 Å². The van der Waals surface area contributed by atoms with Crippen molar-refractivity contribution in [3.05, 3.63) is 23.8 Å². The molecule has 1 atom stereocenters. The van der Waals surface area contributed by atoms with Gasteiger partial charge in [0.2, 0.25) is 0 Å². The van der Waals surface area contributed by atoms with Crippen LogP contribution >= 0.6 is 0 Å². The van der Waals surface area contributed by atoms with Gasteiger partial charge in [-0.3, -0.25) is 9.69 Å². The van der Waals surface area contributed by atoms with Gasteiger partial charge in [0.05, 0.1) is 20.6 Å². The Morgan fingerprint density at radius 1 is 1.24 bits per heavy atom. The first-order valence-electron chi connectivity index (χ1n) is 7.10. The van der Waals surface area contributed by atoms with Crippen LogP contribution in [0.5, 0.6) is 11.5 Å². The number of ether oxygens (including phenoxy) is 2. The summed E-state index contributed by atoms with van der Waals surface area (Å²) in [6, 6.07) is 6.01. The number of hydrogen-bond donors (Lipinski definition) is 1. The first-order chi connectivity index (χ1) is 9.90. The van der Waals surface area contributed by atoms with Gasteiger partial charge in [0.1, 0.15) is 11.5 Å². The fourth-order valence-corrected chi connectivity index (χ4v) is 2.47. The molecule has 118 valence electrons. The van der Waals surface area contributed by atoms with Gasteiger partial charge in [0, 0.05) is 30.3 Å². The molecule has 1 rings (SSSR count). The molecule has 0 saturated carbocycles. The molecule has 0 aliphatic carbocycles. The van der Waals surface area contributed by atoms with E-state index in [0.29, 0.717) is 6.54 Å². The number of hydrogen-bond acceptors (Lipinski definition) is 4. The van der Waals surface area contributed by atoms with E-state index in [9.17, 15) is 4.79 Å². The lowest BCUT2D eigenvalue weighted by Crippen LogP contribution is -2.35. The Bertz CT molecular complexity index is 473. The Hall–Kier alpha value is -1.75. The molecule has 0 aliphatic rings. The van der Waals surface area contributed by atoms with Gasteiger partial charge in [-0.2, -0.15) is 0 Å². The second-order valence-electron chi connectivity index (χ2n) is 5.26. The monoisotopic (exact) mass is 295 g/mol. The maximum absolute atomic E-state index is 10.8. The minimum atomic E-state index is -0.783. The standard InChI is InChI=1S/C16H25NO4/c1-11(2)17(9-8-16(18)19)12(3)14-7-6-13(20-4)10-15(14)21-5/h6-7,10-12H,8-9H2,1-5H3,(H,18,19). The summed E-state index contributed by atoms with van der Waals surface area (Å²) in [4.78, 5) is 13.0. The minimum absolute atomic E-state index is 0.0604. The molecule has 0 amide bonds. The molecule has 0 saturated heterocycles. The van der Waals surface area contributed by atoms with Crippen molar-refractivity contribution in [1.82, 2.24) is 4.90 Å². The van der Waals surface area contributed by atoms with Crippen LogP contribution in [0.2, 0.25) is 0 Å². The molecule has 5 heteroatoms. The Morgan fingerprint density at radius 2 is 1.90 bits per heavy atom. The average molecular weight is 295 g/mol. The smallest absolute Gasteiger partial charge is 0.304 e. The van der Waals surface area contributed by atoms with Crippen LogP contribution in [-0.2, 0) is 4.79 Å². The fourth-order valence-electron chi connectivity index (χ4n) is 2.47. The molecular formula is C16H25NO4. The maximum Gasteiger partial charge on any atom is 0.304 e. The van der Waals surface area contributed by atoms with Crippen LogP contribution in [0.3, 0.4) is 0 Å². The number of carbonyl (C=O) groups is 1. The second kappa shape index (κ2) is 7.88. The molecule has 0 spiro atoms. The van der Waals surface area contributed by atoms with Gasteiger partial charge in [0.25, 0.3) is 0 Å². The maximum atomic E-state index is 10.8. The molecule has 1 unspecified atom stereocenters. The number of methoxy groups -OCH3 is 2. The summed E-state index contributed by atoms with van der Waals surface area (Å²) in [5.41, 5.74) is 1.03. The molecule has 0 fully saturated rings. The van der Waals surface area contributed by atoms with E-state index < -0.39 is 5.97 Å². The molecule has 5 nitrogen and oxygen atoms in total. The van der Waals surface area contributed by atoms with Gasteiger partial charge >= 0.3 is 5.97 Å². The lowest BCUT2D eigenvalue weighted by molar-refractivity contribution is -0.137. The van der Waals surface area contributed by atoms with Gasteiger partial charge in [-0.15, -0.1) is 0 Å². The van der Waals surface area contributed by atoms with E-state index >= 15 is 0 Å². The highest BCUT2D eigenvalue weighted by atomic mass is 16.5. The predicted octanol–water partition coefficient (Wildman–Crippen LogP) is 2.95. The fraction of sp³-hybridized carbons (Fsp3) is 0.562. The third kappa shape index (κ3) is 4.63. The van der Waals surface area contributed by atoms with Crippen LogP contribution in [0.25, 0.3) is 0 Å². The van der Waals surface area contributed by atoms with Crippen LogP contribution in [-0.4, -0.2) is 42.8 Å². The lowest BCUT2D eigenvalue weighted by atomic mass is 10.0. The number of aliphatic carboxylic acids is 1. The largest absolute Gasteiger partial charge is 0.497 e. The number of carboxylic acids is 1. The number of nitrogens with zero attached hydrogens (tertiary/aromatic N) is 1. The summed E-state index contributed by atoms with van der Waals surface area (Å²) in [7, 11) is 3.24. The highest BCUT2D eigenvalue weighted by Crippen LogP contribution is 2.33. The van der Waals surface area contributed by atoms with Crippen LogP contribution < -0.4 is 9.47 Å². The number of carboxylic acid groups (broad SMARTS) is 1. The molecule has 1 aromatic carbocycles. The van der Waals surface area contributed by atoms with E-state index in [4.69, 9.17) is 14.6 Å². The summed E-state index contributed by atoms with van der Waals surface area (Å²) in [6.45, 7) is 6.69.